The molecule has 1 nitrogen and oxygen atoms in total. The zero-order chi connectivity index (χ0) is 8.43. The topological polar surface area (TPSA) is 12.9 Å². The summed E-state index contributed by atoms with van der Waals surface area (Å²) in [6, 6.07) is 1.47. The van der Waals surface area contributed by atoms with Crippen LogP contribution in [0.5, 0.6) is 0 Å². The minimum absolute atomic E-state index is 0.417. The van der Waals surface area contributed by atoms with Crippen LogP contribution in [0.25, 0.3) is 0 Å². The van der Waals surface area contributed by atoms with E-state index in [-0.39, 0.29) is 0 Å². The number of aryl methyl sites for hydroxylation is 1. The summed E-state index contributed by atoms with van der Waals surface area (Å²) in [5.74, 6) is -0.417. The Hall–Kier alpha value is -0.440. The summed E-state index contributed by atoms with van der Waals surface area (Å²) < 4.78 is 13.3. The number of nitrogens with zero attached hydrogens (tertiary/aromatic N) is 1. The lowest BCUT2D eigenvalue weighted by Crippen LogP contribution is -1.93. The van der Waals surface area contributed by atoms with E-state index in [1.807, 2.05) is 13.8 Å². The Kier molecular flexibility index (Phi) is 2.60. The van der Waals surface area contributed by atoms with Gasteiger partial charge in [0.15, 0.2) is 0 Å². The molecule has 60 valence electrons. The van der Waals surface area contributed by atoms with Crippen LogP contribution in [0.1, 0.15) is 18.1 Å². The van der Waals surface area contributed by atoms with Gasteiger partial charge in [-0.1, -0.05) is 6.92 Å². The number of rotatable bonds is 1. The van der Waals surface area contributed by atoms with Crippen molar-refractivity contribution in [1.82, 2.24) is 4.98 Å². The lowest BCUT2D eigenvalue weighted by Gasteiger charge is -2.03. The molecule has 11 heavy (non-hydrogen) atoms. The van der Waals surface area contributed by atoms with Crippen LogP contribution in [0.3, 0.4) is 0 Å². The van der Waals surface area contributed by atoms with E-state index < -0.39 is 5.95 Å². The molecular formula is C8H9BrFN. The van der Waals surface area contributed by atoms with E-state index in [1.165, 1.54) is 6.07 Å². The Bertz CT molecular complexity index is 273. The van der Waals surface area contributed by atoms with Gasteiger partial charge in [-0.15, -0.1) is 0 Å². The molecule has 1 heterocycles. The largest absolute Gasteiger partial charge is 0.214 e. The van der Waals surface area contributed by atoms with E-state index in [1.54, 1.807) is 0 Å². The lowest BCUT2D eigenvalue weighted by atomic mass is 10.1. The molecule has 0 saturated carbocycles. The maximum absolute atomic E-state index is 12.7. The molecule has 0 amide bonds. The molecule has 1 aromatic heterocycles. The van der Waals surface area contributed by atoms with Gasteiger partial charge in [0, 0.05) is 0 Å². The first-order chi connectivity index (χ1) is 5.15. The second kappa shape index (κ2) is 3.30. The van der Waals surface area contributed by atoms with E-state index in [0.29, 0.717) is 4.60 Å². The summed E-state index contributed by atoms with van der Waals surface area (Å²) in [6.45, 7) is 3.92. The highest BCUT2D eigenvalue weighted by atomic mass is 79.9. The average molecular weight is 218 g/mol. The summed E-state index contributed by atoms with van der Waals surface area (Å²) in [7, 11) is 0. The van der Waals surface area contributed by atoms with Crippen molar-refractivity contribution < 1.29 is 4.39 Å². The first-order valence-corrected chi connectivity index (χ1v) is 4.26. The second-order valence-corrected chi connectivity index (χ2v) is 3.12. The number of halogens is 2. The van der Waals surface area contributed by atoms with Crippen molar-refractivity contribution in [3.05, 3.63) is 27.7 Å². The number of pyridine rings is 1. The van der Waals surface area contributed by atoms with Crippen LogP contribution in [0.15, 0.2) is 10.7 Å². The van der Waals surface area contributed by atoms with Crippen LogP contribution in [0, 0.1) is 12.9 Å². The molecule has 0 N–H and O–H groups in total. The molecule has 0 aromatic carbocycles. The van der Waals surface area contributed by atoms with Crippen LogP contribution in [-0.4, -0.2) is 4.98 Å². The van der Waals surface area contributed by atoms with Crippen LogP contribution in [0.4, 0.5) is 4.39 Å². The minimum atomic E-state index is -0.417. The van der Waals surface area contributed by atoms with Crippen molar-refractivity contribution in [1.29, 1.82) is 0 Å². The highest BCUT2D eigenvalue weighted by molar-refractivity contribution is 9.10. The van der Waals surface area contributed by atoms with E-state index in [2.05, 4.69) is 20.9 Å². The highest BCUT2D eigenvalue weighted by Gasteiger charge is 2.04. The Balaban J connectivity index is 3.24. The third-order valence-corrected chi connectivity index (χ3v) is 2.44. The molecule has 0 aliphatic heterocycles. The number of hydrogen-bond donors (Lipinski definition) is 0. The first-order valence-electron chi connectivity index (χ1n) is 3.46. The molecule has 1 rings (SSSR count). The summed E-state index contributed by atoms with van der Waals surface area (Å²) >= 11 is 3.19. The molecule has 0 aliphatic carbocycles. The fraction of sp³-hybridized carbons (Fsp3) is 0.375. The molecule has 0 radical (unpaired) electrons. The lowest BCUT2D eigenvalue weighted by molar-refractivity contribution is 0.577. The standard InChI is InChI=1S/C8H9BrFN/c1-3-6-4-7(10)11-8(9)5(6)2/h4H,3H2,1-2H3. The zero-order valence-electron chi connectivity index (χ0n) is 6.49. The normalized spacial score (nSPS) is 10.2. The molecule has 0 atom stereocenters. The Morgan fingerprint density at radius 1 is 1.64 bits per heavy atom. The molecule has 0 fully saturated rings. The minimum Gasteiger partial charge on any atom is -0.212 e. The molecule has 3 heteroatoms. The highest BCUT2D eigenvalue weighted by Crippen LogP contribution is 2.18. The summed E-state index contributed by atoms with van der Waals surface area (Å²) in [5.41, 5.74) is 2.03. The van der Waals surface area contributed by atoms with Crippen LogP contribution < -0.4 is 0 Å². The van der Waals surface area contributed by atoms with Crippen LogP contribution >= 0.6 is 15.9 Å². The third-order valence-electron chi connectivity index (χ3n) is 1.67. The van der Waals surface area contributed by atoms with E-state index in [4.69, 9.17) is 0 Å². The predicted molar refractivity (Wildman–Crippen MR) is 46.0 cm³/mol. The summed E-state index contributed by atoms with van der Waals surface area (Å²) in [6.07, 6.45) is 0.837. The van der Waals surface area contributed by atoms with Gasteiger partial charge in [-0.25, -0.2) is 4.98 Å². The fourth-order valence-electron chi connectivity index (χ4n) is 0.962. The van der Waals surface area contributed by atoms with Crippen molar-refractivity contribution in [3.8, 4) is 0 Å². The number of aromatic nitrogens is 1. The molecule has 0 bridgehead atoms. The molecule has 1 aromatic rings. The average Bonchev–Trinajstić information content (AvgIpc) is 1.96. The Morgan fingerprint density at radius 2 is 2.27 bits per heavy atom. The van der Waals surface area contributed by atoms with Crippen molar-refractivity contribution in [2.45, 2.75) is 20.3 Å². The maximum Gasteiger partial charge on any atom is 0.214 e. The Labute approximate surface area is 73.8 Å². The second-order valence-electron chi connectivity index (χ2n) is 2.37. The summed E-state index contributed by atoms with van der Waals surface area (Å²) in [5, 5.41) is 0. The van der Waals surface area contributed by atoms with E-state index in [0.717, 1.165) is 17.5 Å². The first kappa shape index (κ1) is 8.65. The van der Waals surface area contributed by atoms with Crippen LogP contribution in [-0.2, 0) is 6.42 Å². The van der Waals surface area contributed by atoms with Crippen molar-refractivity contribution in [2.75, 3.05) is 0 Å². The van der Waals surface area contributed by atoms with Gasteiger partial charge < -0.3 is 0 Å². The van der Waals surface area contributed by atoms with Crippen molar-refractivity contribution in [2.24, 2.45) is 0 Å². The Morgan fingerprint density at radius 3 is 2.82 bits per heavy atom. The predicted octanol–water partition coefficient (Wildman–Crippen LogP) is 2.85. The van der Waals surface area contributed by atoms with Gasteiger partial charge in [-0.3, -0.25) is 0 Å². The van der Waals surface area contributed by atoms with Gasteiger partial charge >= 0.3 is 0 Å². The van der Waals surface area contributed by atoms with Gasteiger partial charge in [0.1, 0.15) is 4.60 Å². The maximum atomic E-state index is 12.7. The fourth-order valence-corrected chi connectivity index (χ4v) is 1.39. The van der Waals surface area contributed by atoms with Gasteiger partial charge in [-0.05, 0) is 46.5 Å². The molecule has 0 spiro atoms. The monoisotopic (exact) mass is 217 g/mol. The molecule has 0 unspecified atom stereocenters. The van der Waals surface area contributed by atoms with Crippen LogP contribution in [0.2, 0.25) is 0 Å². The number of hydrogen-bond acceptors (Lipinski definition) is 1. The third kappa shape index (κ3) is 1.77. The van der Waals surface area contributed by atoms with Crippen molar-refractivity contribution >= 4 is 15.9 Å². The smallest absolute Gasteiger partial charge is 0.212 e. The summed E-state index contributed by atoms with van der Waals surface area (Å²) in [4.78, 5) is 3.63. The van der Waals surface area contributed by atoms with Gasteiger partial charge in [0.25, 0.3) is 0 Å². The molecular weight excluding hydrogens is 209 g/mol. The van der Waals surface area contributed by atoms with Gasteiger partial charge in [0.05, 0.1) is 0 Å². The van der Waals surface area contributed by atoms with Gasteiger partial charge in [-0.2, -0.15) is 4.39 Å². The zero-order valence-corrected chi connectivity index (χ0v) is 8.07. The quantitative estimate of drug-likeness (QED) is 0.660. The van der Waals surface area contributed by atoms with Crippen molar-refractivity contribution in [3.63, 3.8) is 0 Å². The van der Waals surface area contributed by atoms with E-state index in [9.17, 15) is 4.39 Å². The molecule has 0 aliphatic rings. The SMILES string of the molecule is CCc1cc(F)nc(Br)c1C. The van der Waals surface area contributed by atoms with E-state index >= 15 is 0 Å². The molecule has 0 saturated heterocycles. The van der Waals surface area contributed by atoms with Gasteiger partial charge in [0.2, 0.25) is 5.95 Å².